The van der Waals surface area contributed by atoms with Crippen LogP contribution in [-0.4, -0.2) is 54.9 Å². The van der Waals surface area contributed by atoms with Gasteiger partial charge in [0.05, 0.1) is 11.2 Å². The van der Waals surface area contributed by atoms with E-state index in [1.807, 2.05) is 6.20 Å². The number of hydrogen-bond donors (Lipinski definition) is 1. The Bertz CT molecular complexity index is 597. The molecule has 0 atom stereocenters. The van der Waals surface area contributed by atoms with E-state index in [9.17, 15) is 0 Å². The monoisotopic (exact) mass is 345 g/mol. The Morgan fingerprint density at radius 3 is 2.36 bits per heavy atom. The van der Waals surface area contributed by atoms with E-state index < -0.39 is 0 Å². The van der Waals surface area contributed by atoms with Crippen molar-refractivity contribution in [3.05, 3.63) is 17.8 Å². The van der Waals surface area contributed by atoms with Crippen LogP contribution in [0.25, 0.3) is 0 Å². The van der Waals surface area contributed by atoms with Crippen LogP contribution in [-0.2, 0) is 9.31 Å². The van der Waals surface area contributed by atoms with E-state index in [0.29, 0.717) is 0 Å². The van der Waals surface area contributed by atoms with Gasteiger partial charge in [0, 0.05) is 18.2 Å². The molecular formula is C19H32BN3O2. The number of anilines is 1. The first kappa shape index (κ1) is 18.7. The van der Waals surface area contributed by atoms with Gasteiger partial charge in [0.2, 0.25) is 0 Å². The number of piperidine rings is 1. The summed E-state index contributed by atoms with van der Waals surface area (Å²) in [6, 6.07) is 2.11. The molecule has 2 aliphatic heterocycles. The summed E-state index contributed by atoms with van der Waals surface area (Å²) in [6.45, 7) is 13.8. The largest absolute Gasteiger partial charge is 0.496 e. The van der Waals surface area contributed by atoms with Crippen LogP contribution in [0.2, 0.25) is 0 Å². The van der Waals surface area contributed by atoms with Gasteiger partial charge in [-0.05, 0) is 85.1 Å². The fourth-order valence-corrected chi connectivity index (χ4v) is 3.40. The molecule has 1 aromatic heterocycles. The zero-order valence-corrected chi connectivity index (χ0v) is 16.6. The summed E-state index contributed by atoms with van der Waals surface area (Å²) in [7, 11) is 1.85. The Balaban J connectivity index is 1.62. The van der Waals surface area contributed by atoms with E-state index in [2.05, 4.69) is 62.9 Å². The van der Waals surface area contributed by atoms with Crippen molar-refractivity contribution in [2.75, 3.05) is 32.0 Å². The molecule has 0 bridgehead atoms. The second kappa shape index (κ2) is 6.90. The average molecular weight is 345 g/mol. The first-order valence-corrected chi connectivity index (χ1v) is 9.42. The highest BCUT2D eigenvalue weighted by Gasteiger charge is 2.52. The maximum Gasteiger partial charge on any atom is 0.496 e. The topological polar surface area (TPSA) is 46.6 Å². The minimum absolute atomic E-state index is 0.324. The molecule has 1 N–H and O–H groups in total. The molecule has 0 unspecified atom stereocenters. The van der Waals surface area contributed by atoms with Crippen molar-refractivity contribution in [3.8, 4) is 0 Å². The highest BCUT2D eigenvalue weighted by Crippen LogP contribution is 2.36. The second-order valence-corrected chi connectivity index (χ2v) is 8.64. The van der Waals surface area contributed by atoms with E-state index in [0.717, 1.165) is 29.3 Å². The third-order valence-electron chi connectivity index (χ3n) is 6.07. The fourth-order valence-electron chi connectivity index (χ4n) is 3.40. The minimum Gasteiger partial charge on any atom is -0.399 e. The molecule has 3 rings (SSSR count). The van der Waals surface area contributed by atoms with Crippen molar-refractivity contribution in [2.24, 2.45) is 5.92 Å². The molecule has 2 fully saturated rings. The van der Waals surface area contributed by atoms with Gasteiger partial charge in [-0.1, -0.05) is 0 Å². The molecule has 0 spiro atoms. The normalized spacial score (nSPS) is 23.8. The number of hydrogen-bond acceptors (Lipinski definition) is 5. The summed E-state index contributed by atoms with van der Waals surface area (Å²) in [5.41, 5.74) is 1.52. The predicted octanol–water partition coefficient (Wildman–Crippen LogP) is 2.44. The maximum atomic E-state index is 6.15. The molecule has 3 heterocycles. The van der Waals surface area contributed by atoms with Crippen LogP contribution < -0.4 is 10.8 Å². The van der Waals surface area contributed by atoms with E-state index in [-0.39, 0.29) is 18.3 Å². The van der Waals surface area contributed by atoms with Crippen molar-refractivity contribution >= 4 is 18.4 Å². The first-order chi connectivity index (χ1) is 11.7. The Kier molecular flexibility index (Phi) is 5.15. The van der Waals surface area contributed by atoms with Gasteiger partial charge in [-0.3, -0.25) is 0 Å². The molecular weight excluding hydrogens is 313 g/mol. The molecule has 0 amide bonds. The van der Waals surface area contributed by atoms with Crippen LogP contribution in [0.1, 0.15) is 46.1 Å². The zero-order valence-electron chi connectivity index (χ0n) is 16.6. The summed E-state index contributed by atoms with van der Waals surface area (Å²) in [5.74, 6) is 1.68. The summed E-state index contributed by atoms with van der Waals surface area (Å²) in [6.07, 6.45) is 4.41. The van der Waals surface area contributed by atoms with Crippen molar-refractivity contribution in [1.29, 1.82) is 0 Å². The maximum absolute atomic E-state index is 6.15. The molecule has 0 saturated carbocycles. The number of aromatic nitrogens is 1. The van der Waals surface area contributed by atoms with Crippen LogP contribution in [0.4, 0.5) is 5.82 Å². The third-order valence-corrected chi connectivity index (χ3v) is 6.07. The van der Waals surface area contributed by atoms with E-state index in [4.69, 9.17) is 9.31 Å². The van der Waals surface area contributed by atoms with Crippen molar-refractivity contribution in [2.45, 2.75) is 58.7 Å². The number of nitrogens with zero attached hydrogens (tertiary/aromatic N) is 2. The van der Waals surface area contributed by atoms with Crippen LogP contribution >= 0.6 is 0 Å². The Morgan fingerprint density at radius 2 is 1.80 bits per heavy atom. The number of rotatable bonds is 4. The molecule has 0 aromatic carbocycles. The second-order valence-electron chi connectivity index (χ2n) is 8.64. The van der Waals surface area contributed by atoms with Crippen LogP contribution in [0.3, 0.4) is 0 Å². The fraction of sp³-hybridized carbons (Fsp3) is 0.737. The average Bonchev–Trinajstić information content (AvgIpc) is 2.74. The van der Waals surface area contributed by atoms with Gasteiger partial charge >= 0.3 is 7.12 Å². The molecule has 2 aliphatic rings. The highest BCUT2D eigenvalue weighted by molar-refractivity contribution is 6.62. The SMILES string of the molecule is Cc1cc(NCC2CCN(C)CC2)ncc1B1OC(C)(C)C(C)(C)O1. The number of aryl methyl sites for hydroxylation is 1. The molecule has 5 nitrogen and oxygen atoms in total. The quantitative estimate of drug-likeness (QED) is 0.850. The van der Waals surface area contributed by atoms with Gasteiger partial charge in [-0.15, -0.1) is 0 Å². The van der Waals surface area contributed by atoms with Gasteiger partial charge < -0.3 is 19.5 Å². The van der Waals surface area contributed by atoms with Crippen molar-refractivity contribution in [1.82, 2.24) is 9.88 Å². The summed E-state index contributed by atoms with van der Waals surface area (Å²) in [4.78, 5) is 7.00. The van der Waals surface area contributed by atoms with E-state index >= 15 is 0 Å². The lowest BCUT2D eigenvalue weighted by molar-refractivity contribution is 0.00578. The lowest BCUT2D eigenvalue weighted by Crippen LogP contribution is -2.41. The van der Waals surface area contributed by atoms with E-state index in [1.54, 1.807) is 0 Å². The lowest BCUT2D eigenvalue weighted by atomic mass is 9.77. The Labute approximate surface area is 152 Å². The summed E-state index contributed by atoms with van der Waals surface area (Å²) in [5, 5.41) is 3.51. The molecule has 138 valence electrons. The Hall–Kier alpha value is -1.11. The van der Waals surface area contributed by atoms with Gasteiger partial charge in [0.25, 0.3) is 0 Å². The zero-order chi connectivity index (χ0) is 18.2. The molecule has 25 heavy (non-hydrogen) atoms. The predicted molar refractivity (Wildman–Crippen MR) is 103 cm³/mol. The minimum atomic E-state index is -0.347. The van der Waals surface area contributed by atoms with Gasteiger partial charge in [0.15, 0.2) is 0 Å². The summed E-state index contributed by atoms with van der Waals surface area (Å²) < 4.78 is 12.3. The van der Waals surface area contributed by atoms with E-state index in [1.165, 1.54) is 25.9 Å². The van der Waals surface area contributed by atoms with Gasteiger partial charge in [-0.25, -0.2) is 4.98 Å². The van der Waals surface area contributed by atoms with Crippen LogP contribution in [0.15, 0.2) is 12.3 Å². The van der Waals surface area contributed by atoms with Crippen LogP contribution in [0.5, 0.6) is 0 Å². The van der Waals surface area contributed by atoms with Crippen molar-refractivity contribution in [3.63, 3.8) is 0 Å². The van der Waals surface area contributed by atoms with Gasteiger partial charge in [0.1, 0.15) is 5.82 Å². The highest BCUT2D eigenvalue weighted by atomic mass is 16.7. The Morgan fingerprint density at radius 1 is 1.20 bits per heavy atom. The molecule has 0 radical (unpaired) electrons. The summed E-state index contributed by atoms with van der Waals surface area (Å²) >= 11 is 0. The third kappa shape index (κ3) is 4.02. The smallest absolute Gasteiger partial charge is 0.399 e. The van der Waals surface area contributed by atoms with Gasteiger partial charge in [-0.2, -0.15) is 0 Å². The molecule has 6 heteroatoms. The first-order valence-electron chi connectivity index (χ1n) is 9.42. The van der Waals surface area contributed by atoms with Crippen LogP contribution in [0, 0.1) is 12.8 Å². The van der Waals surface area contributed by atoms with Crippen molar-refractivity contribution < 1.29 is 9.31 Å². The molecule has 1 aromatic rings. The molecule has 0 aliphatic carbocycles. The lowest BCUT2D eigenvalue weighted by Gasteiger charge is -2.32. The standard InChI is InChI=1S/C19H32BN3O2/c1-14-11-17(21-12-15-7-9-23(6)10-8-15)22-13-16(14)20-24-18(2,3)19(4,5)25-20/h11,13,15H,7-10,12H2,1-6H3,(H,21,22). The number of pyridine rings is 1. The number of likely N-dealkylation sites (tertiary alicyclic amines) is 1. The number of nitrogens with one attached hydrogen (secondary N) is 1. The molecule has 2 saturated heterocycles.